The molecule has 0 aliphatic rings. The summed E-state index contributed by atoms with van der Waals surface area (Å²) in [4.78, 5) is 38.2. The van der Waals surface area contributed by atoms with E-state index in [0.29, 0.717) is 19.3 Å². The number of unbranched alkanes of at least 4 members (excludes halogenated alkanes) is 23. The van der Waals surface area contributed by atoms with Gasteiger partial charge in [-0.1, -0.05) is 239 Å². The Bertz CT molecular complexity index is 1460. The average Bonchev–Trinajstić information content (AvgIpc) is 3.37. The van der Waals surface area contributed by atoms with Crippen molar-refractivity contribution in [2.45, 2.75) is 271 Å². The van der Waals surface area contributed by atoms with Gasteiger partial charge >= 0.3 is 17.9 Å². The molecule has 404 valence electrons. The van der Waals surface area contributed by atoms with E-state index in [9.17, 15) is 14.4 Å². The van der Waals surface area contributed by atoms with E-state index >= 15 is 0 Å². The van der Waals surface area contributed by atoms with Crippen LogP contribution in [0.1, 0.15) is 265 Å². The van der Waals surface area contributed by atoms with Gasteiger partial charge in [0, 0.05) is 19.3 Å². The van der Waals surface area contributed by atoms with E-state index in [1.165, 1.54) is 128 Å². The van der Waals surface area contributed by atoms with E-state index in [1.54, 1.807) is 0 Å². The Labute approximate surface area is 438 Å². The maximum absolute atomic E-state index is 12.9. The van der Waals surface area contributed by atoms with Gasteiger partial charge in [0.2, 0.25) is 0 Å². The fourth-order valence-corrected chi connectivity index (χ4v) is 7.85. The highest BCUT2D eigenvalue weighted by Crippen LogP contribution is 2.14. The van der Waals surface area contributed by atoms with Crippen LogP contribution in [-0.2, 0) is 28.6 Å². The van der Waals surface area contributed by atoms with Gasteiger partial charge in [-0.15, -0.1) is 0 Å². The fourth-order valence-electron chi connectivity index (χ4n) is 7.85. The van der Waals surface area contributed by atoms with Gasteiger partial charge in [-0.2, -0.15) is 0 Å². The lowest BCUT2D eigenvalue weighted by atomic mass is 10.1. The number of esters is 3. The predicted molar refractivity (Wildman–Crippen MR) is 307 cm³/mol. The molecule has 1 atom stereocenters. The van der Waals surface area contributed by atoms with Crippen molar-refractivity contribution in [1.29, 1.82) is 0 Å². The lowest BCUT2D eigenvalue weighted by molar-refractivity contribution is -0.166. The second-order valence-corrected chi connectivity index (χ2v) is 19.2. The zero-order valence-corrected chi connectivity index (χ0v) is 46.2. The molecule has 0 spiro atoms. The minimum absolute atomic E-state index is 0.108. The van der Waals surface area contributed by atoms with Crippen LogP contribution in [0.3, 0.4) is 0 Å². The first kappa shape index (κ1) is 67.1. The van der Waals surface area contributed by atoms with Crippen LogP contribution in [-0.4, -0.2) is 37.2 Å². The molecule has 0 saturated carbocycles. The Morgan fingerprint density at radius 2 is 0.577 bits per heavy atom. The molecular weight excluding hydrogens is 877 g/mol. The summed E-state index contributed by atoms with van der Waals surface area (Å²) in [6, 6.07) is 0. The van der Waals surface area contributed by atoms with Crippen molar-refractivity contribution in [3.63, 3.8) is 0 Å². The second kappa shape index (κ2) is 58.6. The number of carbonyl (C=O) groups is 3. The number of hydrogen-bond donors (Lipinski definition) is 0. The van der Waals surface area contributed by atoms with Gasteiger partial charge < -0.3 is 14.2 Å². The average molecular weight is 986 g/mol. The van der Waals surface area contributed by atoms with Crippen LogP contribution in [0, 0.1) is 0 Å². The number of hydrogen-bond acceptors (Lipinski definition) is 6. The summed E-state index contributed by atoms with van der Waals surface area (Å²) in [5.74, 6) is -1.01. The van der Waals surface area contributed by atoms with Gasteiger partial charge in [-0.25, -0.2) is 0 Å². The highest BCUT2D eigenvalue weighted by atomic mass is 16.6. The number of ether oxygens (including phenoxy) is 3. The van der Waals surface area contributed by atoms with Crippen LogP contribution in [0.25, 0.3) is 0 Å². The van der Waals surface area contributed by atoms with E-state index < -0.39 is 6.10 Å². The number of rotatable bonds is 52. The fraction of sp³-hybridized carbons (Fsp3) is 0.677. The molecule has 0 bridgehead atoms. The Morgan fingerprint density at radius 3 is 0.986 bits per heavy atom. The molecule has 0 unspecified atom stereocenters. The SMILES string of the molecule is CC/C=C/C/C=C/C/C=C/C/C=C/C/C=C/C/C=C/CCC(=O)OC[C@@H](COC(=O)CCCCCCCCC/C=C/CCCCCCCC)OC(=O)CCCCCCCCC/C=C/C/C=C/CCCCC. The van der Waals surface area contributed by atoms with Crippen molar-refractivity contribution in [3.8, 4) is 0 Å². The van der Waals surface area contributed by atoms with Gasteiger partial charge in [0.25, 0.3) is 0 Å². The molecule has 0 aromatic heterocycles. The van der Waals surface area contributed by atoms with Gasteiger partial charge in [0.1, 0.15) is 13.2 Å². The van der Waals surface area contributed by atoms with E-state index in [-0.39, 0.29) is 37.5 Å². The number of allylic oxidation sites excluding steroid dienone is 18. The van der Waals surface area contributed by atoms with E-state index in [0.717, 1.165) is 89.9 Å². The van der Waals surface area contributed by atoms with Gasteiger partial charge in [0.15, 0.2) is 6.10 Å². The summed E-state index contributed by atoms with van der Waals surface area (Å²) >= 11 is 0. The third-order valence-electron chi connectivity index (χ3n) is 12.2. The normalized spacial score (nSPS) is 12.9. The zero-order chi connectivity index (χ0) is 51.4. The molecule has 0 amide bonds. The molecule has 6 nitrogen and oxygen atoms in total. The molecule has 0 rings (SSSR count). The Morgan fingerprint density at radius 1 is 0.296 bits per heavy atom. The first-order chi connectivity index (χ1) is 35.0. The summed E-state index contributed by atoms with van der Waals surface area (Å²) in [6.45, 7) is 6.43. The molecule has 0 heterocycles. The molecule has 6 heteroatoms. The molecule has 0 fully saturated rings. The lowest BCUT2D eigenvalue weighted by Crippen LogP contribution is -2.30. The molecule has 0 saturated heterocycles. The van der Waals surface area contributed by atoms with Crippen molar-refractivity contribution >= 4 is 17.9 Å². The number of carbonyl (C=O) groups excluding carboxylic acids is 3. The molecule has 0 radical (unpaired) electrons. The summed E-state index contributed by atoms with van der Waals surface area (Å²) < 4.78 is 16.8. The Kier molecular flexibility index (Phi) is 55.4. The monoisotopic (exact) mass is 985 g/mol. The highest BCUT2D eigenvalue weighted by molar-refractivity contribution is 5.71. The minimum Gasteiger partial charge on any atom is -0.462 e. The van der Waals surface area contributed by atoms with E-state index in [4.69, 9.17) is 14.2 Å². The Balaban J connectivity index is 4.52. The zero-order valence-electron chi connectivity index (χ0n) is 46.2. The first-order valence-electron chi connectivity index (χ1n) is 29.4. The highest BCUT2D eigenvalue weighted by Gasteiger charge is 2.19. The van der Waals surface area contributed by atoms with Gasteiger partial charge in [-0.05, 0) is 116 Å². The van der Waals surface area contributed by atoms with E-state index in [2.05, 4.69) is 124 Å². The van der Waals surface area contributed by atoms with Crippen molar-refractivity contribution in [3.05, 3.63) is 109 Å². The first-order valence-corrected chi connectivity index (χ1v) is 29.4. The van der Waals surface area contributed by atoms with Crippen molar-refractivity contribution in [2.75, 3.05) is 13.2 Å². The largest absolute Gasteiger partial charge is 0.462 e. The van der Waals surface area contributed by atoms with Crippen molar-refractivity contribution < 1.29 is 28.6 Å². The molecule has 0 aliphatic heterocycles. The van der Waals surface area contributed by atoms with Crippen LogP contribution >= 0.6 is 0 Å². The second-order valence-electron chi connectivity index (χ2n) is 19.2. The van der Waals surface area contributed by atoms with E-state index in [1.807, 2.05) is 6.08 Å². The quantitative estimate of drug-likeness (QED) is 0.0261. The molecular formula is C65H108O6. The van der Waals surface area contributed by atoms with Crippen LogP contribution in [0.5, 0.6) is 0 Å². The summed E-state index contributed by atoms with van der Waals surface area (Å²) in [7, 11) is 0. The summed E-state index contributed by atoms with van der Waals surface area (Å²) in [6.07, 6.45) is 79.4. The molecule has 0 N–H and O–H groups in total. The predicted octanol–water partition coefficient (Wildman–Crippen LogP) is 19.9. The molecule has 71 heavy (non-hydrogen) atoms. The molecule has 0 aromatic carbocycles. The third kappa shape index (κ3) is 56.9. The summed E-state index contributed by atoms with van der Waals surface area (Å²) in [5, 5.41) is 0. The molecule has 0 aliphatic carbocycles. The third-order valence-corrected chi connectivity index (χ3v) is 12.2. The van der Waals surface area contributed by atoms with Crippen molar-refractivity contribution in [1.82, 2.24) is 0 Å². The maximum Gasteiger partial charge on any atom is 0.306 e. The standard InChI is InChI=1S/C65H108O6/c1-4-7-10-13-16-19-22-25-28-31-32-35-37-40-43-46-49-52-55-58-64(67)70-61-62(71-65(68)59-56-53-50-47-44-41-38-34-30-27-24-21-18-15-12-9-6-3)60-69-63(66)57-54-51-48-45-42-39-36-33-29-26-23-20-17-14-11-8-5-2/h7,10,16,18-19,21,25-30,32,35,40,43,49,52,62H,4-6,8-9,11-15,17,20,22-24,31,33-34,36-39,41-42,44-48,50-51,53-61H2,1-3H3/b10-7+,19-16+,21-18+,28-25+,29-26+,30-27+,35-32+,43-40+,52-49+/t62-/m1/s1. The maximum atomic E-state index is 12.9. The lowest BCUT2D eigenvalue weighted by Gasteiger charge is -2.18. The van der Waals surface area contributed by atoms with Crippen LogP contribution < -0.4 is 0 Å². The smallest absolute Gasteiger partial charge is 0.306 e. The minimum atomic E-state index is -0.817. The topological polar surface area (TPSA) is 78.9 Å². The van der Waals surface area contributed by atoms with Gasteiger partial charge in [0.05, 0.1) is 0 Å². The molecule has 0 aromatic rings. The summed E-state index contributed by atoms with van der Waals surface area (Å²) in [5.41, 5.74) is 0. The van der Waals surface area contributed by atoms with Crippen LogP contribution in [0.4, 0.5) is 0 Å². The Hall–Kier alpha value is -3.93. The van der Waals surface area contributed by atoms with Crippen molar-refractivity contribution in [2.24, 2.45) is 0 Å². The van der Waals surface area contributed by atoms with Gasteiger partial charge in [-0.3, -0.25) is 14.4 Å². The van der Waals surface area contributed by atoms with Crippen LogP contribution in [0.15, 0.2) is 109 Å². The van der Waals surface area contributed by atoms with Crippen LogP contribution in [0.2, 0.25) is 0 Å².